The molecule has 1 aliphatic rings. The molecule has 1 aliphatic carbocycles. The molecular formula is C22H22N3OS2+. The van der Waals surface area contributed by atoms with Crippen molar-refractivity contribution in [2.24, 2.45) is 0 Å². The normalized spacial score (nSPS) is 14.1. The minimum absolute atomic E-state index is 0.0624. The SMILES string of the molecule is N#Cc1c(NC(=O)C[NH2+][C@@H](c2ccccc2)c2cccs2)sc2c1CCCC2. The first-order valence-corrected chi connectivity index (χ1v) is 11.2. The summed E-state index contributed by atoms with van der Waals surface area (Å²) >= 11 is 3.28. The Bertz CT molecular complexity index is 987. The Kier molecular flexibility index (Phi) is 5.87. The fourth-order valence-corrected chi connectivity index (χ4v) is 5.83. The van der Waals surface area contributed by atoms with E-state index >= 15 is 0 Å². The smallest absolute Gasteiger partial charge is 0.280 e. The van der Waals surface area contributed by atoms with Crippen LogP contribution < -0.4 is 10.6 Å². The number of carbonyl (C=O) groups excluding carboxylic acids is 1. The van der Waals surface area contributed by atoms with Crippen LogP contribution in [0.3, 0.4) is 0 Å². The second kappa shape index (κ2) is 8.70. The number of hydrogen-bond donors (Lipinski definition) is 2. The predicted octanol–water partition coefficient (Wildman–Crippen LogP) is 3.85. The molecule has 1 aromatic carbocycles. The van der Waals surface area contributed by atoms with Crippen molar-refractivity contribution in [2.45, 2.75) is 31.7 Å². The van der Waals surface area contributed by atoms with Gasteiger partial charge in [-0.05, 0) is 42.7 Å². The summed E-state index contributed by atoms with van der Waals surface area (Å²) in [7, 11) is 0. The van der Waals surface area contributed by atoms with Gasteiger partial charge in [0.25, 0.3) is 5.91 Å². The first-order chi connectivity index (χ1) is 13.8. The van der Waals surface area contributed by atoms with Gasteiger partial charge in [-0.1, -0.05) is 36.4 Å². The van der Waals surface area contributed by atoms with Crippen LogP contribution in [0.15, 0.2) is 47.8 Å². The number of rotatable bonds is 6. The van der Waals surface area contributed by atoms with Crippen LogP contribution >= 0.6 is 22.7 Å². The Balaban J connectivity index is 1.46. The van der Waals surface area contributed by atoms with Crippen molar-refractivity contribution >= 4 is 33.6 Å². The maximum absolute atomic E-state index is 12.7. The maximum Gasteiger partial charge on any atom is 0.280 e. The van der Waals surface area contributed by atoms with Crippen molar-refractivity contribution in [3.63, 3.8) is 0 Å². The van der Waals surface area contributed by atoms with E-state index in [0.29, 0.717) is 12.1 Å². The Morgan fingerprint density at radius 2 is 2.00 bits per heavy atom. The van der Waals surface area contributed by atoms with E-state index in [0.717, 1.165) is 29.8 Å². The molecule has 142 valence electrons. The Hall–Kier alpha value is -2.46. The summed E-state index contributed by atoms with van der Waals surface area (Å²) in [5, 5.41) is 17.4. The quantitative estimate of drug-likeness (QED) is 0.650. The zero-order valence-electron chi connectivity index (χ0n) is 15.5. The molecule has 0 spiro atoms. The Morgan fingerprint density at radius 1 is 1.18 bits per heavy atom. The second-order valence-electron chi connectivity index (χ2n) is 6.92. The molecule has 4 rings (SSSR count). The lowest BCUT2D eigenvalue weighted by atomic mass is 9.96. The Morgan fingerprint density at radius 3 is 2.75 bits per heavy atom. The molecule has 0 saturated carbocycles. The minimum atomic E-state index is -0.0624. The summed E-state index contributed by atoms with van der Waals surface area (Å²) in [4.78, 5) is 15.1. The van der Waals surface area contributed by atoms with E-state index < -0.39 is 0 Å². The van der Waals surface area contributed by atoms with Crippen molar-refractivity contribution in [3.05, 3.63) is 74.3 Å². The fraction of sp³-hybridized carbons (Fsp3) is 0.273. The van der Waals surface area contributed by atoms with Gasteiger partial charge in [-0.3, -0.25) is 4.79 Å². The number of benzene rings is 1. The van der Waals surface area contributed by atoms with E-state index in [9.17, 15) is 10.1 Å². The molecule has 0 fully saturated rings. The first kappa shape index (κ1) is 18.9. The highest BCUT2D eigenvalue weighted by Gasteiger charge is 2.23. The average Bonchev–Trinajstić information content (AvgIpc) is 3.36. The van der Waals surface area contributed by atoms with Gasteiger partial charge in [0.05, 0.1) is 10.4 Å². The van der Waals surface area contributed by atoms with Crippen molar-refractivity contribution in [1.82, 2.24) is 0 Å². The van der Waals surface area contributed by atoms with Gasteiger partial charge in [0, 0.05) is 10.4 Å². The zero-order valence-corrected chi connectivity index (χ0v) is 17.1. The van der Waals surface area contributed by atoms with Crippen molar-refractivity contribution in [3.8, 4) is 6.07 Å². The molecule has 1 atom stereocenters. The number of carbonyl (C=O) groups is 1. The third kappa shape index (κ3) is 4.02. The number of nitriles is 1. The zero-order chi connectivity index (χ0) is 19.3. The molecule has 28 heavy (non-hydrogen) atoms. The van der Waals surface area contributed by atoms with Gasteiger partial charge in [0.15, 0.2) is 6.54 Å². The van der Waals surface area contributed by atoms with Crippen molar-refractivity contribution < 1.29 is 10.1 Å². The number of fused-ring (bicyclic) bond motifs is 1. The number of hydrogen-bond acceptors (Lipinski definition) is 4. The van der Waals surface area contributed by atoms with Gasteiger partial charge in [0.1, 0.15) is 17.1 Å². The lowest BCUT2D eigenvalue weighted by molar-refractivity contribution is -0.675. The van der Waals surface area contributed by atoms with Gasteiger partial charge in [-0.15, -0.1) is 22.7 Å². The van der Waals surface area contributed by atoms with Crippen LogP contribution in [0.25, 0.3) is 0 Å². The summed E-state index contributed by atoms with van der Waals surface area (Å²) in [6, 6.07) is 16.8. The summed E-state index contributed by atoms with van der Waals surface area (Å²) in [5.74, 6) is -0.0624. The molecule has 0 radical (unpaired) electrons. The molecule has 3 N–H and O–H groups in total. The lowest BCUT2D eigenvalue weighted by Gasteiger charge is -2.14. The van der Waals surface area contributed by atoms with E-state index in [2.05, 4.69) is 40.3 Å². The number of nitrogens with zero attached hydrogens (tertiary/aromatic N) is 1. The molecule has 0 saturated heterocycles. The predicted molar refractivity (Wildman–Crippen MR) is 114 cm³/mol. The number of nitrogens with two attached hydrogens (primary N) is 1. The number of thiophene rings is 2. The van der Waals surface area contributed by atoms with E-state index in [1.165, 1.54) is 21.7 Å². The number of aryl methyl sites for hydroxylation is 1. The van der Waals surface area contributed by atoms with Crippen LogP contribution in [0, 0.1) is 11.3 Å². The monoisotopic (exact) mass is 408 g/mol. The number of anilines is 1. The lowest BCUT2D eigenvalue weighted by Crippen LogP contribution is -2.87. The molecule has 2 heterocycles. The topological polar surface area (TPSA) is 69.5 Å². The van der Waals surface area contributed by atoms with Crippen LogP contribution in [0.5, 0.6) is 0 Å². The Labute approximate surface area is 172 Å². The third-order valence-electron chi connectivity index (χ3n) is 5.08. The van der Waals surface area contributed by atoms with Crippen molar-refractivity contribution in [1.29, 1.82) is 5.26 Å². The minimum Gasteiger partial charge on any atom is -0.328 e. The summed E-state index contributed by atoms with van der Waals surface area (Å²) in [6.07, 6.45) is 4.26. The standard InChI is InChI=1S/C22H21N3OS2/c23-13-17-16-9-4-5-10-18(16)28-22(17)25-20(26)14-24-21(19-11-6-12-27-19)15-7-2-1-3-8-15/h1-3,6-8,11-12,21,24H,4-5,9-10,14H2,(H,25,26)/p+1/t21-/m0/s1. The van der Waals surface area contributed by atoms with Crippen LogP contribution in [0.2, 0.25) is 0 Å². The molecule has 0 unspecified atom stereocenters. The van der Waals surface area contributed by atoms with E-state index in [4.69, 9.17) is 0 Å². The molecule has 4 nitrogen and oxygen atoms in total. The second-order valence-corrected chi connectivity index (χ2v) is 9.00. The highest BCUT2D eigenvalue weighted by atomic mass is 32.1. The van der Waals surface area contributed by atoms with Crippen LogP contribution in [0.1, 0.15) is 45.3 Å². The largest absolute Gasteiger partial charge is 0.328 e. The maximum atomic E-state index is 12.7. The van der Waals surface area contributed by atoms with Gasteiger partial charge in [-0.2, -0.15) is 5.26 Å². The fourth-order valence-electron chi connectivity index (χ4n) is 3.72. The van der Waals surface area contributed by atoms with E-state index in [-0.39, 0.29) is 11.9 Å². The summed E-state index contributed by atoms with van der Waals surface area (Å²) < 4.78 is 0. The average molecular weight is 409 g/mol. The third-order valence-corrected chi connectivity index (χ3v) is 7.25. The molecular weight excluding hydrogens is 386 g/mol. The molecule has 1 amide bonds. The summed E-state index contributed by atoms with van der Waals surface area (Å²) in [5.41, 5.74) is 3.01. The molecule has 0 aliphatic heterocycles. The van der Waals surface area contributed by atoms with Crippen LogP contribution in [-0.2, 0) is 17.6 Å². The number of nitrogens with one attached hydrogen (secondary N) is 1. The molecule has 6 heteroatoms. The van der Waals surface area contributed by atoms with Crippen LogP contribution in [-0.4, -0.2) is 12.5 Å². The number of quaternary nitrogens is 1. The van der Waals surface area contributed by atoms with Gasteiger partial charge in [-0.25, -0.2) is 0 Å². The van der Waals surface area contributed by atoms with Gasteiger partial charge in [0.2, 0.25) is 0 Å². The molecule has 2 aromatic heterocycles. The number of amides is 1. The summed E-state index contributed by atoms with van der Waals surface area (Å²) in [6.45, 7) is 0.310. The first-order valence-electron chi connectivity index (χ1n) is 9.52. The highest BCUT2D eigenvalue weighted by Crippen LogP contribution is 2.37. The highest BCUT2D eigenvalue weighted by molar-refractivity contribution is 7.16. The van der Waals surface area contributed by atoms with Gasteiger partial charge >= 0.3 is 0 Å². The molecule has 3 aromatic rings. The van der Waals surface area contributed by atoms with Gasteiger partial charge < -0.3 is 10.6 Å². The van der Waals surface area contributed by atoms with E-state index in [1.54, 1.807) is 22.7 Å². The van der Waals surface area contributed by atoms with Crippen LogP contribution in [0.4, 0.5) is 5.00 Å². The van der Waals surface area contributed by atoms with E-state index in [1.807, 2.05) is 24.3 Å². The molecule has 0 bridgehead atoms. The van der Waals surface area contributed by atoms with Crippen molar-refractivity contribution in [2.75, 3.05) is 11.9 Å².